The highest BCUT2D eigenvalue weighted by molar-refractivity contribution is 6.30. The van der Waals surface area contributed by atoms with Crippen molar-refractivity contribution >= 4 is 23.4 Å². The minimum Gasteiger partial charge on any atom is -0.483 e. The van der Waals surface area contributed by atoms with Crippen molar-refractivity contribution in [2.45, 2.75) is 32.3 Å². The standard InChI is InChI=1S/C19H25ClN2O4/c1-14-12-15(20)5-6-16(14)26-13-18(23)21-7-3-8-22(10-9-21)19(24)17-4-2-11-25-17/h5-6,12,17H,2-4,7-11,13H2,1H3/t17-/m1/s1. The quantitative estimate of drug-likeness (QED) is 0.804. The highest BCUT2D eigenvalue weighted by atomic mass is 35.5. The number of carbonyl (C=O) groups excluding carboxylic acids is 2. The number of hydrogen-bond acceptors (Lipinski definition) is 4. The maximum atomic E-state index is 12.5. The summed E-state index contributed by atoms with van der Waals surface area (Å²) >= 11 is 5.93. The normalized spacial score (nSPS) is 20.8. The Bertz CT molecular complexity index is 661. The molecule has 2 fully saturated rings. The monoisotopic (exact) mass is 380 g/mol. The van der Waals surface area contributed by atoms with Crippen LogP contribution < -0.4 is 4.74 Å². The van der Waals surface area contributed by atoms with E-state index < -0.39 is 0 Å². The van der Waals surface area contributed by atoms with Crippen molar-refractivity contribution in [1.29, 1.82) is 0 Å². The van der Waals surface area contributed by atoms with Gasteiger partial charge < -0.3 is 19.3 Å². The van der Waals surface area contributed by atoms with Gasteiger partial charge in [-0.3, -0.25) is 9.59 Å². The predicted octanol–water partition coefficient (Wildman–Crippen LogP) is 2.27. The number of amides is 2. The first-order valence-electron chi connectivity index (χ1n) is 9.12. The van der Waals surface area contributed by atoms with E-state index in [-0.39, 0.29) is 24.5 Å². The maximum Gasteiger partial charge on any atom is 0.260 e. The summed E-state index contributed by atoms with van der Waals surface area (Å²) in [6.45, 7) is 4.92. The lowest BCUT2D eigenvalue weighted by atomic mass is 10.2. The number of aryl methyl sites for hydroxylation is 1. The highest BCUT2D eigenvalue weighted by Gasteiger charge is 2.30. The Morgan fingerprint density at radius 3 is 2.69 bits per heavy atom. The van der Waals surface area contributed by atoms with Crippen LogP contribution in [0.2, 0.25) is 5.02 Å². The summed E-state index contributed by atoms with van der Waals surface area (Å²) in [5.41, 5.74) is 0.898. The van der Waals surface area contributed by atoms with Crippen LogP contribution in [0.5, 0.6) is 5.75 Å². The Morgan fingerprint density at radius 2 is 1.96 bits per heavy atom. The van der Waals surface area contributed by atoms with Crippen LogP contribution in [-0.4, -0.2) is 67.1 Å². The molecule has 2 aliphatic rings. The molecule has 0 radical (unpaired) electrons. The molecular formula is C19H25ClN2O4. The Labute approximate surface area is 159 Å². The fourth-order valence-corrected chi connectivity index (χ4v) is 3.60. The van der Waals surface area contributed by atoms with Gasteiger partial charge in [0.25, 0.3) is 11.8 Å². The minimum atomic E-state index is -0.298. The number of rotatable bonds is 4. The van der Waals surface area contributed by atoms with Gasteiger partial charge in [-0.2, -0.15) is 0 Å². The third kappa shape index (κ3) is 4.68. The van der Waals surface area contributed by atoms with Crippen molar-refractivity contribution in [2.24, 2.45) is 0 Å². The van der Waals surface area contributed by atoms with Crippen LogP contribution in [0.3, 0.4) is 0 Å². The molecule has 26 heavy (non-hydrogen) atoms. The van der Waals surface area contributed by atoms with Gasteiger partial charge in [0.2, 0.25) is 0 Å². The number of halogens is 1. The molecule has 2 amide bonds. The molecule has 0 unspecified atom stereocenters. The second kappa shape index (κ2) is 8.73. The zero-order valence-electron chi connectivity index (χ0n) is 15.1. The molecule has 0 saturated carbocycles. The van der Waals surface area contributed by atoms with Gasteiger partial charge in [0.15, 0.2) is 6.61 Å². The SMILES string of the molecule is Cc1cc(Cl)ccc1OCC(=O)N1CCCN(C(=O)[C@H]2CCCO2)CC1. The Kier molecular flexibility index (Phi) is 6.38. The van der Waals surface area contributed by atoms with Crippen molar-refractivity contribution in [3.05, 3.63) is 28.8 Å². The Morgan fingerprint density at radius 1 is 1.19 bits per heavy atom. The van der Waals surface area contributed by atoms with E-state index in [9.17, 15) is 9.59 Å². The summed E-state index contributed by atoms with van der Waals surface area (Å²) in [5.74, 6) is 0.656. The number of carbonyl (C=O) groups is 2. The molecule has 1 atom stereocenters. The van der Waals surface area contributed by atoms with Crippen LogP contribution in [0.1, 0.15) is 24.8 Å². The third-order valence-corrected chi connectivity index (χ3v) is 5.09. The van der Waals surface area contributed by atoms with Crippen molar-refractivity contribution in [3.63, 3.8) is 0 Å². The molecule has 3 rings (SSSR count). The molecule has 1 aromatic rings. The molecule has 7 heteroatoms. The average Bonchev–Trinajstić information content (AvgIpc) is 3.04. The van der Waals surface area contributed by atoms with Crippen molar-refractivity contribution in [1.82, 2.24) is 9.80 Å². The topological polar surface area (TPSA) is 59.1 Å². The van der Waals surface area contributed by atoms with Gasteiger partial charge in [0.1, 0.15) is 11.9 Å². The molecule has 0 aromatic heterocycles. The highest BCUT2D eigenvalue weighted by Crippen LogP contribution is 2.22. The van der Waals surface area contributed by atoms with E-state index in [1.807, 2.05) is 17.9 Å². The molecule has 0 bridgehead atoms. The zero-order chi connectivity index (χ0) is 18.5. The summed E-state index contributed by atoms with van der Waals surface area (Å²) in [5, 5.41) is 0.643. The lowest BCUT2D eigenvalue weighted by molar-refractivity contribution is -0.141. The average molecular weight is 381 g/mol. The van der Waals surface area contributed by atoms with Crippen molar-refractivity contribution in [2.75, 3.05) is 39.4 Å². The lowest BCUT2D eigenvalue weighted by Crippen LogP contribution is -2.42. The number of benzene rings is 1. The van der Waals surface area contributed by atoms with E-state index in [0.29, 0.717) is 43.6 Å². The summed E-state index contributed by atoms with van der Waals surface area (Å²) < 4.78 is 11.1. The van der Waals surface area contributed by atoms with Crippen LogP contribution in [0.25, 0.3) is 0 Å². The van der Waals surface area contributed by atoms with Gasteiger partial charge >= 0.3 is 0 Å². The predicted molar refractivity (Wildman–Crippen MR) is 98.4 cm³/mol. The van der Waals surface area contributed by atoms with Gasteiger partial charge in [-0.1, -0.05) is 11.6 Å². The van der Waals surface area contributed by atoms with Crippen molar-refractivity contribution < 1.29 is 19.1 Å². The first-order valence-corrected chi connectivity index (χ1v) is 9.49. The van der Waals surface area contributed by atoms with E-state index >= 15 is 0 Å². The Balaban J connectivity index is 1.50. The molecule has 0 N–H and O–H groups in total. The number of ether oxygens (including phenoxy) is 2. The van der Waals surface area contributed by atoms with Crippen LogP contribution in [-0.2, 0) is 14.3 Å². The molecule has 2 aliphatic heterocycles. The molecule has 0 aliphatic carbocycles. The van der Waals surface area contributed by atoms with Gasteiger partial charge in [-0.25, -0.2) is 0 Å². The summed E-state index contributed by atoms with van der Waals surface area (Å²) in [6.07, 6.45) is 2.21. The molecule has 142 valence electrons. The number of nitrogens with zero attached hydrogens (tertiary/aromatic N) is 2. The van der Waals surface area contributed by atoms with Crippen LogP contribution in [0, 0.1) is 6.92 Å². The zero-order valence-corrected chi connectivity index (χ0v) is 15.8. The molecule has 2 saturated heterocycles. The fourth-order valence-electron chi connectivity index (χ4n) is 3.37. The van der Waals surface area contributed by atoms with E-state index in [4.69, 9.17) is 21.1 Å². The van der Waals surface area contributed by atoms with E-state index in [1.54, 1.807) is 17.0 Å². The molecule has 0 spiro atoms. The van der Waals surface area contributed by atoms with Crippen molar-refractivity contribution in [3.8, 4) is 5.75 Å². The van der Waals surface area contributed by atoms with E-state index in [1.165, 1.54) is 0 Å². The van der Waals surface area contributed by atoms with E-state index in [2.05, 4.69) is 0 Å². The molecule has 2 heterocycles. The first kappa shape index (κ1) is 19.0. The molecular weight excluding hydrogens is 356 g/mol. The first-order chi connectivity index (χ1) is 12.5. The summed E-state index contributed by atoms with van der Waals surface area (Å²) in [4.78, 5) is 28.5. The lowest BCUT2D eigenvalue weighted by Gasteiger charge is -2.24. The van der Waals surface area contributed by atoms with Crippen LogP contribution in [0.15, 0.2) is 18.2 Å². The maximum absolute atomic E-state index is 12.5. The number of hydrogen-bond donors (Lipinski definition) is 0. The Hall–Kier alpha value is -1.79. The van der Waals surface area contributed by atoms with E-state index in [0.717, 1.165) is 24.8 Å². The largest absolute Gasteiger partial charge is 0.483 e. The van der Waals surface area contributed by atoms with Crippen LogP contribution in [0.4, 0.5) is 0 Å². The van der Waals surface area contributed by atoms with Crippen LogP contribution >= 0.6 is 11.6 Å². The van der Waals surface area contributed by atoms with Gasteiger partial charge in [0, 0.05) is 37.8 Å². The molecule has 1 aromatic carbocycles. The fraction of sp³-hybridized carbons (Fsp3) is 0.579. The third-order valence-electron chi connectivity index (χ3n) is 4.85. The van der Waals surface area contributed by atoms with Gasteiger partial charge in [0.05, 0.1) is 0 Å². The summed E-state index contributed by atoms with van der Waals surface area (Å²) in [6, 6.07) is 5.33. The summed E-state index contributed by atoms with van der Waals surface area (Å²) in [7, 11) is 0. The minimum absolute atomic E-state index is 0.0118. The van der Waals surface area contributed by atoms with Gasteiger partial charge in [-0.15, -0.1) is 0 Å². The van der Waals surface area contributed by atoms with Gasteiger partial charge in [-0.05, 0) is 49.9 Å². The second-order valence-electron chi connectivity index (χ2n) is 6.76. The second-order valence-corrected chi connectivity index (χ2v) is 7.20. The smallest absolute Gasteiger partial charge is 0.260 e. The molecule has 6 nitrogen and oxygen atoms in total.